The van der Waals surface area contributed by atoms with Crippen molar-refractivity contribution < 1.29 is 9.53 Å². The number of nitrogens with one attached hydrogen (secondary N) is 1. The van der Waals surface area contributed by atoms with Crippen LogP contribution < -0.4 is 10.1 Å². The standard InChI is InChI=1S/C18H20BrN3O2.2ClH/c1-20-15-5-3-9-22(12-15)18(23)13-7-8-17(21-11-13)24-16-6-2-4-14(19)10-16;;/h2,4,6-8,10-11,15,20H,3,5,9,12H2,1H3;2*1H. The van der Waals surface area contributed by atoms with Crippen molar-refractivity contribution in [1.29, 1.82) is 0 Å². The highest BCUT2D eigenvalue weighted by Gasteiger charge is 2.23. The number of amides is 1. The first-order valence-corrected chi connectivity index (χ1v) is 8.81. The zero-order chi connectivity index (χ0) is 16.9. The van der Waals surface area contributed by atoms with E-state index >= 15 is 0 Å². The molecule has 0 spiro atoms. The number of carbonyl (C=O) groups is 1. The van der Waals surface area contributed by atoms with Crippen LogP contribution in [0.15, 0.2) is 47.1 Å². The van der Waals surface area contributed by atoms with Crippen LogP contribution in [0.4, 0.5) is 0 Å². The van der Waals surface area contributed by atoms with Gasteiger partial charge in [0.1, 0.15) is 5.75 Å². The van der Waals surface area contributed by atoms with Crippen LogP contribution in [0.25, 0.3) is 0 Å². The Bertz CT molecular complexity index is 716. The van der Waals surface area contributed by atoms with E-state index in [1.807, 2.05) is 36.2 Å². The van der Waals surface area contributed by atoms with Crippen molar-refractivity contribution in [3.05, 3.63) is 52.6 Å². The molecule has 1 saturated heterocycles. The van der Waals surface area contributed by atoms with E-state index in [0.717, 1.165) is 30.4 Å². The zero-order valence-electron chi connectivity index (χ0n) is 14.4. The van der Waals surface area contributed by atoms with Gasteiger partial charge in [0.05, 0.1) is 5.56 Å². The quantitative estimate of drug-likeness (QED) is 0.735. The van der Waals surface area contributed by atoms with Crippen LogP contribution in [0.3, 0.4) is 0 Å². The SMILES string of the molecule is CNC1CCCN(C(=O)c2ccc(Oc3cccc(Br)c3)nc2)C1.Cl.Cl. The van der Waals surface area contributed by atoms with E-state index < -0.39 is 0 Å². The van der Waals surface area contributed by atoms with Gasteiger partial charge in [-0.3, -0.25) is 4.79 Å². The van der Waals surface area contributed by atoms with Gasteiger partial charge in [-0.05, 0) is 44.2 Å². The van der Waals surface area contributed by atoms with Gasteiger partial charge < -0.3 is 15.0 Å². The molecule has 0 saturated carbocycles. The Morgan fingerprint density at radius 1 is 1.31 bits per heavy atom. The molecule has 5 nitrogen and oxygen atoms in total. The number of likely N-dealkylation sites (N-methyl/N-ethyl adjacent to an activating group) is 1. The molecule has 1 N–H and O–H groups in total. The van der Waals surface area contributed by atoms with Crippen LogP contribution in [-0.4, -0.2) is 42.0 Å². The van der Waals surface area contributed by atoms with Gasteiger partial charge in [-0.2, -0.15) is 0 Å². The fraction of sp³-hybridized carbons (Fsp3) is 0.333. The van der Waals surface area contributed by atoms with Gasteiger partial charge in [0.25, 0.3) is 5.91 Å². The Labute approximate surface area is 174 Å². The van der Waals surface area contributed by atoms with Crippen molar-refractivity contribution in [2.75, 3.05) is 20.1 Å². The molecule has 26 heavy (non-hydrogen) atoms. The molecule has 2 heterocycles. The number of pyridine rings is 1. The molecule has 8 heteroatoms. The molecule has 3 rings (SSSR count). The molecular weight excluding hydrogens is 441 g/mol. The van der Waals surface area contributed by atoms with Crippen LogP contribution in [0.2, 0.25) is 0 Å². The van der Waals surface area contributed by atoms with Crippen LogP contribution in [0.1, 0.15) is 23.2 Å². The molecule has 0 radical (unpaired) electrons. The summed E-state index contributed by atoms with van der Waals surface area (Å²) in [5, 5.41) is 3.25. The minimum absolute atomic E-state index is 0. The predicted octanol–water partition coefficient (Wildman–Crippen LogP) is 4.30. The van der Waals surface area contributed by atoms with Crippen LogP contribution in [0, 0.1) is 0 Å². The number of halogens is 3. The first-order chi connectivity index (χ1) is 11.7. The first kappa shape index (κ1) is 22.7. The Morgan fingerprint density at radius 3 is 2.77 bits per heavy atom. The minimum Gasteiger partial charge on any atom is -0.439 e. The van der Waals surface area contributed by atoms with Gasteiger partial charge in [0.2, 0.25) is 5.88 Å². The average Bonchev–Trinajstić information content (AvgIpc) is 2.62. The number of hydrogen-bond donors (Lipinski definition) is 1. The van der Waals surface area contributed by atoms with Crippen LogP contribution in [0.5, 0.6) is 11.6 Å². The number of nitrogens with zero attached hydrogens (tertiary/aromatic N) is 2. The number of rotatable bonds is 4. The Morgan fingerprint density at radius 2 is 2.12 bits per heavy atom. The maximum Gasteiger partial charge on any atom is 0.255 e. The van der Waals surface area contributed by atoms with Crippen molar-refractivity contribution in [2.45, 2.75) is 18.9 Å². The molecule has 1 aliphatic rings. The normalized spacial score (nSPS) is 16.2. The molecule has 2 aromatic rings. The monoisotopic (exact) mass is 461 g/mol. The summed E-state index contributed by atoms with van der Waals surface area (Å²) in [6.45, 7) is 1.54. The van der Waals surface area contributed by atoms with Gasteiger partial charge in [0, 0.05) is 35.9 Å². The average molecular weight is 463 g/mol. The fourth-order valence-corrected chi connectivity index (χ4v) is 3.18. The summed E-state index contributed by atoms with van der Waals surface area (Å²) < 4.78 is 6.64. The maximum absolute atomic E-state index is 12.6. The summed E-state index contributed by atoms with van der Waals surface area (Å²) in [5.41, 5.74) is 0.591. The molecule has 1 fully saturated rings. The minimum atomic E-state index is 0. The van der Waals surface area contributed by atoms with Crippen molar-refractivity contribution in [3.8, 4) is 11.6 Å². The third-order valence-corrected chi connectivity index (χ3v) is 4.61. The summed E-state index contributed by atoms with van der Waals surface area (Å²) in [4.78, 5) is 18.7. The molecule has 1 unspecified atom stereocenters. The number of aromatic nitrogens is 1. The molecule has 1 aliphatic heterocycles. The number of carbonyl (C=O) groups excluding carboxylic acids is 1. The number of ether oxygens (including phenoxy) is 1. The number of benzene rings is 1. The lowest BCUT2D eigenvalue weighted by atomic mass is 10.1. The summed E-state index contributed by atoms with van der Waals surface area (Å²) >= 11 is 3.41. The van der Waals surface area contributed by atoms with Crippen molar-refractivity contribution >= 4 is 46.7 Å². The van der Waals surface area contributed by atoms with E-state index in [2.05, 4.69) is 26.2 Å². The molecule has 1 aromatic heterocycles. The highest BCUT2D eigenvalue weighted by molar-refractivity contribution is 9.10. The van der Waals surface area contributed by atoms with Gasteiger partial charge in [-0.1, -0.05) is 22.0 Å². The molecule has 0 aliphatic carbocycles. The number of piperidine rings is 1. The maximum atomic E-state index is 12.6. The summed E-state index contributed by atoms with van der Waals surface area (Å²) in [6.07, 6.45) is 3.71. The third-order valence-electron chi connectivity index (χ3n) is 4.12. The van der Waals surface area contributed by atoms with Crippen LogP contribution >= 0.6 is 40.7 Å². The zero-order valence-corrected chi connectivity index (χ0v) is 17.6. The second-order valence-corrected chi connectivity index (χ2v) is 6.74. The van der Waals surface area contributed by atoms with Crippen molar-refractivity contribution in [3.63, 3.8) is 0 Å². The Balaban J connectivity index is 0.00000169. The van der Waals surface area contributed by atoms with E-state index in [-0.39, 0.29) is 30.7 Å². The van der Waals surface area contributed by atoms with Gasteiger partial charge in [-0.15, -0.1) is 24.8 Å². The second kappa shape index (κ2) is 10.7. The fourth-order valence-electron chi connectivity index (χ4n) is 2.80. The van der Waals surface area contributed by atoms with Crippen molar-refractivity contribution in [2.24, 2.45) is 0 Å². The van der Waals surface area contributed by atoms with E-state index in [1.165, 1.54) is 0 Å². The molecule has 1 atom stereocenters. The predicted molar refractivity (Wildman–Crippen MR) is 111 cm³/mol. The van der Waals surface area contributed by atoms with Crippen molar-refractivity contribution in [1.82, 2.24) is 15.2 Å². The Hall–Kier alpha value is -1.34. The highest BCUT2D eigenvalue weighted by Crippen LogP contribution is 2.23. The topological polar surface area (TPSA) is 54.5 Å². The lowest BCUT2D eigenvalue weighted by Crippen LogP contribution is -2.46. The lowest BCUT2D eigenvalue weighted by Gasteiger charge is -2.32. The smallest absolute Gasteiger partial charge is 0.255 e. The summed E-state index contributed by atoms with van der Waals surface area (Å²) in [7, 11) is 1.94. The third kappa shape index (κ3) is 5.84. The van der Waals surface area contributed by atoms with E-state index in [0.29, 0.717) is 23.2 Å². The summed E-state index contributed by atoms with van der Waals surface area (Å²) in [5.74, 6) is 1.19. The largest absolute Gasteiger partial charge is 0.439 e. The molecule has 0 bridgehead atoms. The van der Waals surface area contributed by atoms with Crippen LogP contribution in [-0.2, 0) is 0 Å². The molecule has 142 valence electrons. The second-order valence-electron chi connectivity index (χ2n) is 5.82. The van der Waals surface area contributed by atoms with Gasteiger partial charge in [-0.25, -0.2) is 4.98 Å². The number of likely N-dealkylation sites (tertiary alicyclic amines) is 1. The van der Waals surface area contributed by atoms with E-state index in [4.69, 9.17) is 4.74 Å². The highest BCUT2D eigenvalue weighted by atomic mass is 79.9. The van der Waals surface area contributed by atoms with Gasteiger partial charge >= 0.3 is 0 Å². The molecule has 1 amide bonds. The molecule has 1 aromatic carbocycles. The van der Waals surface area contributed by atoms with E-state index in [9.17, 15) is 4.79 Å². The number of hydrogen-bond acceptors (Lipinski definition) is 4. The summed E-state index contributed by atoms with van der Waals surface area (Å²) in [6, 6.07) is 11.4. The Kier molecular flexibility index (Phi) is 9.36. The molecular formula is C18H22BrCl2N3O2. The van der Waals surface area contributed by atoms with Gasteiger partial charge in [0.15, 0.2) is 0 Å². The van der Waals surface area contributed by atoms with E-state index in [1.54, 1.807) is 18.3 Å². The lowest BCUT2D eigenvalue weighted by molar-refractivity contribution is 0.0697. The first-order valence-electron chi connectivity index (χ1n) is 8.02.